The Hall–Kier alpha value is -3.61. The maximum absolute atomic E-state index is 12.3. The standard InChI is InChI=1S/C21H22N4O3/c1-4-14-5-8-16(9-6-14)17-12-18(24-23-17)21(26)25-22-13-15-7-10-19(27-2)20(11-15)28-3/h5-13H,4H2,1-3H3,(H,23,24)(H,25,26). The molecule has 28 heavy (non-hydrogen) atoms. The average molecular weight is 378 g/mol. The molecule has 1 heterocycles. The minimum Gasteiger partial charge on any atom is -0.493 e. The van der Waals surface area contributed by atoms with E-state index in [1.807, 2.05) is 18.2 Å². The minimum absolute atomic E-state index is 0.332. The molecule has 0 aliphatic carbocycles. The van der Waals surface area contributed by atoms with Crippen molar-refractivity contribution in [3.8, 4) is 22.8 Å². The lowest BCUT2D eigenvalue weighted by Crippen LogP contribution is -2.18. The van der Waals surface area contributed by atoms with Crippen LogP contribution >= 0.6 is 0 Å². The number of hydrogen-bond acceptors (Lipinski definition) is 5. The summed E-state index contributed by atoms with van der Waals surface area (Å²) in [5.74, 6) is 0.839. The van der Waals surface area contributed by atoms with Gasteiger partial charge in [0, 0.05) is 5.56 Å². The van der Waals surface area contributed by atoms with Crippen LogP contribution in [0.15, 0.2) is 53.6 Å². The number of benzene rings is 2. The van der Waals surface area contributed by atoms with Gasteiger partial charge in [0.25, 0.3) is 5.91 Å². The second-order valence-electron chi connectivity index (χ2n) is 6.03. The summed E-state index contributed by atoms with van der Waals surface area (Å²) in [7, 11) is 3.13. The zero-order valence-corrected chi connectivity index (χ0v) is 16.0. The molecular formula is C21H22N4O3. The molecule has 1 amide bonds. The topological polar surface area (TPSA) is 88.6 Å². The third-order valence-electron chi connectivity index (χ3n) is 4.27. The number of hydrogen-bond donors (Lipinski definition) is 2. The number of nitrogens with one attached hydrogen (secondary N) is 2. The molecule has 3 rings (SSSR count). The van der Waals surface area contributed by atoms with Gasteiger partial charge in [-0.15, -0.1) is 0 Å². The van der Waals surface area contributed by atoms with Gasteiger partial charge in [0.15, 0.2) is 11.5 Å². The van der Waals surface area contributed by atoms with E-state index in [-0.39, 0.29) is 5.91 Å². The summed E-state index contributed by atoms with van der Waals surface area (Å²) in [5, 5.41) is 10.9. The summed E-state index contributed by atoms with van der Waals surface area (Å²) in [6.45, 7) is 2.11. The van der Waals surface area contributed by atoms with Crippen LogP contribution in [0.3, 0.4) is 0 Å². The van der Waals surface area contributed by atoms with E-state index in [1.165, 1.54) is 11.8 Å². The van der Waals surface area contributed by atoms with Crippen LogP contribution in [0.1, 0.15) is 28.5 Å². The molecule has 2 N–H and O–H groups in total. The van der Waals surface area contributed by atoms with Crippen LogP contribution in [0.2, 0.25) is 0 Å². The number of aryl methyl sites for hydroxylation is 1. The molecule has 0 aliphatic heterocycles. The van der Waals surface area contributed by atoms with Crippen molar-refractivity contribution in [2.75, 3.05) is 14.2 Å². The third kappa shape index (κ3) is 4.37. The van der Waals surface area contributed by atoms with Crippen LogP contribution in [-0.2, 0) is 6.42 Å². The largest absolute Gasteiger partial charge is 0.493 e. The maximum Gasteiger partial charge on any atom is 0.289 e. The number of methoxy groups -OCH3 is 2. The van der Waals surface area contributed by atoms with Crippen molar-refractivity contribution in [3.05, 3.63) is 65.4 Å². The summed E-state index contributed by atoms with van der Waals surface area (Å²) in [5.41, 5.74) is 6.48. The molecule has 0 saturated carbocycles. The number of carbonyl (C=O) groups excluding carboxylic acids is 1. The van der Waals surface area contributed by atoms with Crippen molar-refractivity contribution in [1.82, 2.24) is 15.6 Å². The fourth-order valence-electron chi connectivity index (χ4n) is 2.66. The van der Waals surface area contributed by atoms with Crippen LogP contribution in [0.5, 0.6) is 11.5 Å². The van der Waals surface area contributed by atoms with Gasteiger partial charge in [-0.2, -0.15) is 10.2 Å². The molecule has 0 bridgehead atoms. The van der Waals surface area contributed by atoms with E-state index in [9.17, 15) is 4.79 Å². The van der Waals surface area contributed by atoms with Gasteiger partial charge in [0.2, 0.25) is 0 Å². The van der Waals surface area contributed by atoms with Crippen molar-refractivity contribution in [2.24, 2.45) is 5.10 Å². The van der Waals surface area contributed by atoms with Gasteiger partial charge in [0.1, 0.15) is 5.69 Å². The molecule has 0 aliphatic rings. The van der Waals surface area contributed by atoms with E-state index in [2.05, 4.69) is 39.8 Å². The highest BCUT2D eigenvalue weighted by molar-refractivity contribution is 5.94. The van der Waals surface area contributed by atoms with Gasteiger partial charge in [-0.3, -0.25) is 9.89 Å². The van der Waals surface area contributed by atoms with Gasteiger partial charge in [-0.05, 0) is 41.8 Å². The lowest BCUT2D eigenvalue weighted by atomic mass is 10.1. The Morgan fingerprint density at radius 2 is 1.86 bits per heavy atom. The zero-order valence-electron chi connectivity index (χ0n) is 16.0. The van der Waals surface area contributed by atoms with E-state index in [1.54, 1.807) is 32.4 Å². The first kappa shape index (κ1) is 19.2. The Bertz CT molecular complexity index is 978. The Morgan fingerprint density at radius 3 is 2.54 bits per heavy atom. The molecule has 0 radical (unpaired) electrons. The molecule has 144 valence electrons. The van der Waals surface area contributed by atoms with Crippen molar-refractivity contribution >= 4 is 12.1 Å². The first-order valence-electron chi connectivity index (χ1n) is 8.84. The van der Waals surface area contributed by atoms with E-state index in [4.69, 9.17) is 9.47 Å². The number of ether oxygens (including phenoxy) is 2. The van der Waals surface area contributed by atoms with Crippen LogP contribution in [-0.4, -0.2) is 36.5 Å². The number of aromatic amines is 1. The van der Waals surface area contributed by atoms with Gasteiger partial charge in [-0.1, -0.05) is 31.2 Å². The zero-order chi connectivity index (χ0) is 19.9. The van der Waals surface area contributed by atoms with Crippen molar-refractivity contribution in [2.45, 2.75) is 13.3 Å². The molecule has 2 aromatic carbocycles. The predicted octanol–water partition coefficient (Wildman–Crippen LogP) is 3.42. The Balaban J connectivity index is 1.65. The summed E-state index contributed by atoms with van der Waals surface area (Å²) in [6.07, 6.45) is 2.51. The molecule has 1 aromatic heterocycles. The lowest BCUT2D eigenvalue weighted by Gasteiger charge is -2.07. The van der Waals surface area contributed by atoms with E-state index in [0.717, 1.165) is 17.5 Å². The fraction of sp³-hybridized carbons (Fsp3) is 0.190. The van der Waals surface area contributed by atoms with E-state index < -0.39 is 0 Å². The third-order valence-corrected chi connectivity index (χ3v) is 4.27. The molecule has 0 spiro atoms. The summed E-state index contributed by atoms with van der Waals surface area (Å²) >= 11 is 0. The maximum atomic E-state index is 12.3. The predicted molar refractivity (Wildman–Crippen MR) is 108 cm³/mol. The first-order chi connectivity index (χ1) is 13.6. The number of H-pyrrole nitrogens is 1. The molecule has 7 nitrogen and oxygen atoms in total. The van der Waals surface area contributed by atoms with E-state index >= 15 is 0 Å². The van der Waals surface area contributed by atoms with Crippen LogP contribution in [0, 0.1) is 0 Å². The summed E-state index contributed by atoms with van der Waals surface area (Å²) in [6, 6.07) is 15.1. The highest BCUT2D eigenvalue weighted by Crippen LogP contribution is 2.26. The minimum atomic E-state index is -0.374. The number of hydrazone groups is 1. The van der Waals surface area contributed by atoms with Crippen molar-refractivity contribution in [1.29, 1.82) is 0 Å². The molecule has 0 unspecified atom stereocenters. The van der Waals surface area contributed by atoms with Gasteiger partial charge in [-0.25, -0.2) is 5.43 Å². The Morgan fingerprint density at radius 1 is 1.11 bits per heavy atom. The lowest BCUT2D eigenvalue weighted by molar-refractivity contribution is 0.0950. The normalized spacial score (nSPS) is 10.8. The van der Waals surface area contributed by atoms with Gasteiger partial charge in [0.05, 0.1) is 26.1 Å². The van der Waals surface area contributed by atoms with Crippen LogP contribution < -0.4 is 14.9 Å². The molecule has 0 fully saturated rings. The van der Waals surface area contributed by atoms with Crippen molar-refractivity contribution in [3.63, 3.8) is 0 Å². The van der Waals surface area contributed by atoms with E-state index in [0.29, 0.717) is 22.9 Å². The highest BCUT2D eigenvalue weighted by Gasteiger charge is 2.10. The monoisotopic (exact) mass is 378 g/mol. The second kappa shape index (κ2) is 8.85. The summed E-state index contributed by atoms with van der Waals surface area (Å²) in [4.78, 5) is 12.3. The second-order valence-corrected chi connectivity index (χ2v) is 6.03. The van der Waals surface area contributed by atoms with Crippen LogP contribution in [0.25, 0.3) is 11.3 Å². The van der Waals surface area contributed by atoms with Gasteiger partial charge >= 0.3 is 0 Å². The number of carbonyl (C=O) groups is 1. The van der Waals surface area contributed by atoms with Crippen LogP contribution in [0.4, 0.5) is 0 Å². The van der Waals surface area contributed by atoms with Crippen molar-refractivity contribution < 1.29 is 14.3 Å². The number of nitrogens with zero attached hydrogens (tertiary/aromatic N) is 2. The molecule has 0 saturated heterocycles. The number of aromatic nitrogens is 2. The first-order valence-corrected chi connectivity index (χ1v) is 8.84. The molecule has 0 atom stereocenters. The van der Waals surface area contributed by atoms with Gasteiger partial charge < -0.3 is 9.47 Å². The Labute approximate surface area is 163 Å². The quantitative estimate of drug-likeness (QED) is 0.487. The fourth-order valence-corrected chi connectivity index (χ4v) is 2.66. The average Bonchev–Trinajstić information content (AvgIpc) is 3.24. The SMILES string of the molecule is CCc1ccc(-c2cc(C(=O)NN=Cc3ccc(OC)c(OC)c3)[nH]n2)cc1. The highest BCUT2D eigenvalue weighted by atomic mass is 16.5. The number of amides is 1. The molecule has 7 heteroatoms. The molecule has 3 aromatic rings. The molecular weight excluding hydrogens is 356 g/mol. The number of rotatable bonds is 7. The Kier molecular flexibility index (Phi) is 6.06. The smallest absolute Gasteiger partial charge is 0.289 e. The summed E-state index contributed by atoms with van der Waals surface area (Å²) < 4.78 is 10.4.